The van der Waals surface area contributed by atoms with Crippen molar-refractivity contribution in [2.24, 2.45) is 11.3 Å². The van der Waals surface area contributed by atoms with Gasteiger partial charge in [0.05, 0.1) is 12.8 Å². The van der Waals surface area contributed by atoms with Crippen molar-refractivity contribution < 1.29 is 5.11 Å². The number of benzene rings is 1. The average molecular weight is 354 g/mol. The molecule has 2 atom stereocenters. The van der Waals surface area contributed by atoms with Gasteiger partial charge in [0.2, 0.25) is 0 Å². The summed E-state index contributed by atoms with van der Waals surface area (Å²) in [6.45, 7) is 9.54. The summed E-state index contributed by atoms with van der Waals surface area (Å²) in [6.07, 6.45) is 5.24. The number of hydrogen-bond acceptors (Lipinski definition) is 4. The van der Waals surface area contributed by atoms with Gasteiger partial charge < -0.3 is 5.11 Å². The topological polar surface area (TPSA) is 44.5 Å². The quantitative estimate of drug-likeness (QED) is 0.864. The van der Waals surface area contributed by atoms with Crippen LogP contribution >= 0.6 is 0 Å². The van der Waals surface area contributed by atoms with Crippen molar-refractivity contribution in [2.45, 2.75) is 33.0 Å². The number of fused-ring (bicyclic) bond motifs is 1. The molecule has 0 spiro atoms. The highest BCUT2D eigenvalue weighted by Crippen LogP contribution is 2.43. The molecule has 0 unspecified atom stereocenters. The lowest BCUT2D eigenvalue weighted by Crippen LogP contribution is -2.48. The van der Waals surface area contributed by atoms with Gasteiger partial charge in [-0.15, -0.1) is 0 Å². The normalized spacial score (nSPS) is 26.9. The number of nitrogens with zero attached hydrogens (tertiary/aromatic N) is 4. The SMILES string of the molecule is CCn1cc(CN2CC[C@@]3(CO)CN(Cc4ccccc4)C[C@H]3C2)cn1. The van der Waals surface area contributed by atoms with E-state index in [1.54, 1.807) is 0 Å². The van der Waals surface area contributed by atoms with Gasteiger partial charge in [-0.05, 0) is 31.4 Å². The molecule has 0 radical (unpaired) electrons. The summed E-state index contributed by atoms with van der Waals surface area (Å²) in [5.41, 5.74) is 2.74. The van der Waals surface area contributed by atoms with E-state index in [0.717, 1.165) is 52.2 Å². The Morgan fingerprint density at radius 3 is 2.62 bits per heavy atom. The van der Waals surface area contributed by atoms with Crippen LogP contribution in [0.5, 0.6) is 0 Å². The van der Waals surface area contributed by atoms with Gasteiger partial charge in [-0.25, -0.2) is 0 Å². The summed E-state index contributed by atoms with van der Waals surface area (Å²) >= 11 is 0. The molecule has 1 N–H and O–H groups in total. The third-order valence-electron chi connectivity index (χ3n) is 6.27. The van der Waals surface area contributed by atoms with Gasteiger partial charge in [0.25, 0.3) is 0 Å². The van der Waals surface area contributed by atoms with Gasteiger partial charge in [-0.3, -0.25) is 14.5 Å². The Kier molecular flexibility index (Phi) is 5.11. The number of aliphatic hydroxyl groups is 1. The molecule has 2 aliphatic heterocycles. The molecule has 2 saturated heterocycles. The number of aromatic nitrogens is 2. The first-order valence-corrected chi connectivity index (χ1v) is 9.81. The lowest BCUT2D eigenvalue weighted by Gasteiger charge is -2.42. The Hall–Kier alpha value is -1.69. The van der Waals surface area contributed by atoms with Crippen LogP contribution in [-0.2, 0) is 19.6 Å². The number of likely N-dealkylation sites (tertiary alicyclic amines) is 2. The smallest absolute Gasteiger partial charge is 0.0534 e. The zero-order chi connectivity index (χ0) is 18.0. The summed E-state index contributed by atoms with van der Waals surface area (Å²) in [4.78, 5) is 5.08. The Labute approximate surface area is 156 Å². The molecular weight excluding hydrogens is 324 g/mol. The summed E-state index contributed by atoms with van der Waals surface area (Å²) < 4.78 is 1.99. The lowest BCUT2D eigenvalue weighted by molar-refractivity contribution is 0.0159. The summed E-state index contributed by atoms with van der Waals surface area (Å²) in [5, 5.41) is 14.6. The van der Waals surface area contributed by atoms with Gasteiger partial charge in [0.15, 0.2) is 0 Å². The highest BCUT2D eigenvalue weighted by atomic mass is 16.3. The first kappa shape index (κ1) is 17.7. The van der Waals surface area contributed by atoms with Crippen LogP contribution in [0.4, 0.5) is 0 Å². The maximum absolute atomic E-state index is 10.2. The van der Waals surface area contributed by atoms with Gasteiger partial charge in [0, 0.05) is 56.4 Å². The highest BCUT2D eigenvalue weighted by Gasteiger charge is 2.48. The monoisotopic (exact) mass is 354 g/mol. The maximum Gasteiger partial charge on any atom is 0.0534 e. The minimum Gasteiger partial charge on any atom is -0.396 e. The fraction of sp³-hybridized carbons (Fsp3) is 0.571. The van der Waals surface area contributed by atoms with Crippen LogP contribution in [-0.4, -0.2) is 57.5 Å². The molecule has 5 heteroatoms. The van der Waals surface area contributed by atoms with E-state index in [1.807, 2.05) is 10.9 Å². The van der Waals surface area contributed by atoms with Crippen molar-refractivity contribution in [1.82, 2.24) is 19.6 Å². The molecule has 2 aromatic rings. The molecule has 140 valence electrons. The van der Waals surface area contributed by atoms with Crippen LogP contribution in [0.1, 0.15) is 24.5 Å². The van der Waals surface area contributed by atoms with Gasteiger partial charge in [-0.1, -0.05) is 30.3 Å². The van der Waals surface area contributed by atoms with E-state index in [4.69, 9.17) is 0 Å². The molecule has 2 aliphatic rings. The molecule has 2 fully saturated rings. The van der Waals surface area contributed by atoms with E-state index in [2.05, 4.69) is 58.4 Å². The molecule has 0 aliphatic carbocycles. The predicted molar refractivity (Wildman–Crippen MR) is 103 cm³/mol. The molecule has 26 heavy (non-hydrogen) atoms. The molecular formula is C21H30N4O. The Morgan fingerprint density at radius 2 is 1.88 bits per heavy atom. The van der Waals surface area contributed by atoms with Gasteiger partial charge in [-0.2, -0.15) is 5.10 Å². The molecule has 4 rings (SSSR count). The summed E-state index contributed by atoms with van der Waals surface area (Å²) in [6, 6.07) is 10.7. The molecule has 1 aromatic carbocycles. The lowest BCUT2D eigenvalue weighted by atomic mass is 9.73. The van der Waals surface area contributed by atoms with Gasteiger partial charge in [0.1, 0.15) is 0 Å². The zero-order valence-corrected chi connectivity index (χ0v) is 15.7. The van der Waals surface area contributed by atoms with Crippen LogP contribution < -0.4 is 0 Å². The number of aliphatic hydroxyl groups excluding tert-OH is 1. The van der Waals surface area contributed by atoms with Crippen molar-refractivity contribution in [3.05, 3.63) is 53.9 Å². The molecule has 0 amide bonds. The molecule has 3 heterocycles. The Balaban J connectivity index is 1.40. The second kappa shape index (κ2) is 7.51. The molecule has 1 aromatic heterocycles. The molecule has 0 saturated carbocycles. The zero-order valence-electron chi connectivity index (χ0n) is 15.7. The molecule has 0 bridgehead atoms. The van der Waals surface area contributed by atoms with E-state index in [1.165, 1.54) is 11.1 Å². The minimum atomic E-state index is 0.0822. The Morgan fingerprint density at radius 1 is 1.12 bits per heavy atom. The third kappa shape index (κ3) is 3.56. The average Bonchev–Trinajstić information content (AvgIpc) is 3.26. The van der Waals surface area contributed by atoms with Gasteiger partial charge >= 0.3 is 0 Å². The summed E-state index contributed by atoms with van der Waals surface area (Å²) in [7, 11) is 0. The van der Waals surface area contributed by atoms with Crippen molar-refractivity contribution in [2.75, 3.05) is 32.8 Å². The number of hydrogen-bond donors (Lipinski definition) is 1. The van der Waals surface area contributed by atoms with Crippen LogP contribution in [0.2, 0.25) is 0 Å². The van der Waals surface area contributed by atoms with E-state index in [-0.39, 0.29) is 5.41 Å². The van der Waals surface area contributed by atoms with Crippen molar-refractivity contribution in [1.29, 1.82) is 0 Å². The van der Waals surface area contributed by atoms with E-state index in [9.17, 15) is 5.11 Å². The number of piperidine rings is 1. The van der Waals surface area contributed by atoms with E-state index in [0.29, 0.717) is 12.5 Å². The van der Waals surface area contributed by atoms with Crippen molar-refractivity contribution in [3.63, 3.8) is 0 Å². The van der Waals surface area contributed by atoms with Crippen molar-refractivity contribution in [3.8, 4) is 0 Å². The van der Waals surface area contributed by atoms with Crippen LogP contribution in [0.25, 0.3) is 0 Å². The maximum atomic E-state index is 10.2. The second-order valence-electron chi connectivity index (χ2n) is 8.06. The predicted octanol–water partition coefficient (Wildman–Crippen LogP) is 2.22. The largest absolute Gasteiger partial charge is 0.396 e. The second-order valence-corrected chi connectivity index (χ2v) is 8.06. The minimum absolute atomic E-state index is 0.0822. The van der Waals surface area contributed by atoms with E-state index < -0.39 is 0 Å². The first-order valence-electron chi connectivity index (χ1n) is 9.81. The Bertz CT molecular complexity index is 716. The highest BCUT2D eigenvalue weighted by molar-refractivity contribution is 5.15. The van der Waals surface area contributed by atoms with Crippen molar-refractivity contribution >= 4 is 0 Å². The fourth-order valence-corrected chi connectivity index (χ4v) is 4.75. The molecule has 5 nitrogen and oxygen atoms in total. The van der Waals surface area contributed by atoms with Crippen LogP contribution in [0.15, 0.2) is 42.7 Å². The third-order valence-corrected chi connectivity index (χ3v) is 6.27. The van der Waals surface area contributed by atoms with E-state index >= 15 is 0 Å². The number of aryl methyl sites for hydroxylation is 1. The number of rotatable bonds is 6. The standard InChI is InChI=1S/C21H30N4O/c1-2-25-13-19(10-22-25)12-23-9-8-21(17-26)16-24(15-20(21)14-23)11-18-6-4-3-5-7-18/h3-7,10,13,20,26H,2,8-9,11-12,14-17H2,1H3/t20-,21+/m1/s1. The fourth-order valence-electron chi connectivity index (χ4n) is 4.75. The van der Waals surface area contributed by atoms with Crippen LogP contribution in [0, 0.1) is 11.3 Å². The van der Waals surface area contributed by atoms with Crippen LogP contribution in [0.3, 0.4) is 0 Å². The summed E-state index contributed by atoms with van der Waals surface area (Å²) in [5.74, 6) is 0.547. The first-order chi connectivity index (χ1) is 12.7.